The number of likely N-dealkylation sites (tertiary alicyclic amines) is 2. The number of hydrogen-bond donors (Lipinski definition) is 1. The fourth-order valence-corrected chi connectivity index (χ4v) is 6.20. The van der Waals surface area contributed by atoms with Crippen molar-refractivity contribution in [2.45, 2.75) is 17.4 Å². The van der Waals surface area contributed by atoms with Crippen molar-refractivity contribution in [2.24, 2.45) is 17.6 Å². The second-order valence-electron chi connectivity index (χ2n) is 8.83. The Bertz CT molecular complexity index is 1070. The molecule has 1 amide bonds. The van der Waals surface area contributed by atoms with Crippen LogP contribution in [0, 0.1) is 11.8 Å². The molecule has 172 valence electrons. The highest BCUT2D eigenvalue weighted by Crippen LogP contribution is 2.35. The number of halogens is 2. The van der Waals surface area contributed by atoms with Crippen LogP contribution < -0.4 is 5.73 Å². The van der Waals surface area contributed by atoms with Crippen molar-refractivity contribution < 1.29 is 13.2 Å². The molecule has 0 aromatic heterocycles. The van der Waals surface area contributed by atoms with Gasteiger partial charge in [-0.3, -0.25) is 4.79 Å². The molecule has 2 saturated heterocycles. The summed E-state index contributed by atoms with van der Waals surface area (Å²) < 4.78 is 23.6. The van der Waals surface area contributed by atoms with Gasteiger partial charge in [0.15, 0.2) is 9.84 Å². The molecule has 2 unspecified atom stereocenters. The van der Waals surface area contributed by atoms with Crippen LogP contribution in [0.15, 0.2) is 47.4 Å². The van der Waals surface area contributed by atoms with Crippen LogP contribution in [0.25, 0.3) is 0 Å². The lowest BCUT2D eigenvalue weighted by molar-refractivity contribution is 0.0774. The molecule has 9 heteroatoms. The molecule has 0 bridgehead atoms. The van der Waals surface area contributed by atoms with Crippen molar-refractivity contribution in [1.29, 1.82) is 0 Å². The number of benzene rings is 2. The number of carbonyl (C=O) groups excluding carboxylic acids is 1. The minimum atomic E-state index is -3.47. The van der Waals surface area contributed by atoms with Gasteiger partial charge in [-0.15, -0.1) is 0 Å². The van der Waals surface area contributed by atoms with E-state index in [2.05, 4.69) is 17.0 Å². The van der Waals surface area contributed by atoms with Crippen LogP contribution in [0.2, 0.25) is 10.0 Å². The summed E-state index contributed by atoms with van der Waals surface area (Å²) in [4.78, 5) is 17.3. The van der Waals surface area contributed by atoms with E-state index in [1.54, 1.807) is 4.90 Å². The van der Waals surface area contributed by atoms with Crippen LogP contribution in [0.3, 0.4) is 0 Å². The predicted molar refractivity (Wildman–Crippen MR) is 127 cm³/mol. The summed E-state index contributed by atoms with van der Waals surface area (Å²) in [6, 6.07) is 12.7. The van der Waals surface area contributed by atoms with E-state index in [0.29, 0.717) is 24.9 Å². The van der Waals surface area contributed by atoms with Gasteiger partial charge in [0, 0.05) is 38.5 Å². The highest BCUT2D eigenvalue weighted by molar-refractivity contribution is 7.90. The second kappa shape index (κ2) is 9.31. The minimum absolute atomic E-state index is 0.00620. The molecule has 0 spiro atoms. The van der Waals surface area contributed by atoms with Crippen LogP contribution in [-0.4, -0.2) is 63.1 Å². The van der Waals surface area contributed by atoms with Crippen LogP contribution in [0.5, 0.6) is 0 Å². The maximum Gasteiger partial charge on any atom is 0.256 e. The number of sulfone groups is 1. The lowest BCUT2D eigenvalue weighted by atomic mass is 10.0. The summed E-state index contributed by atoms with van der Waals surface area (Å²) in [6.45, 7) is 4.09. The van der Waals surface area contributed by atoms with Crippen molar-refractivity contribution in [2.75, 3.05) is 39.0 Å². The third-order valence-corrected chi connectivity index (χ3v) is 8.18. The maximum absolute atomic E-state index is 13.1. The van der Waals surface area contributed by atoms with Crippen LogP contribution >= 0.6 is 23.2 Å². The first-order valence-corrected chi connectivity index (χ1v) is 13.3. The molecular formula is C23H27Cl2N3O3S. The second-order valence-corrected chi connectivity index (χ2v) is 11.7. The molecule has 2 aliphatic rings. The monoisotopic (exact) mass is 495 g/mol. The van der Waals surface area contributed by atoms with Gasteiger partial charge in [-0.2, -0.15) is 0 Å². The molecule has 2 heterocycles. The fraction of sp³-hybridized carbons (Fsp3) is 0.435. The van der Waals surface area contributed by atoms with Crippen LogP contribution in [0.1, 0.15) is 28.4 Å². The molecule has 2 aromatic carbocycles. The normalized spacial score (nSPS) is 22.2. The molecule has 4 rings (SSSR count). The molecule has 32 heavy (non-hydrogen) atoms. The van der Waals surface area contributed by atoms with Gasteiger partial charge in [0.05, 0.1) is 20.5 Å². The Morgan fingerprint density at radius 1 is 1.06 bits per heavy atom. The Kier molecular flexibility index (Phi) is 6.84. The summed E-state index contributed by atoms with van der Waals surface area (Å²) >= 11 is 12.5. The van der Waals surface area contributed by atoms with Crippen LogP contribution in [-0.2, 0) is 9.84 Å². The first kappa shape index (κ1) is 23.5. The van der Waals surface area contributed by atoms with Crippen molar-refractivity contribution >= 4 is 38.9 Å². The lowest BCUT2D eigenvalue weighted by Crippen LogP contribution is -2.34. The molecule has 6 nitrogen and oxygen atoms in total. The molecule has 2 N–H and O–H groups in total. The molecule has 0 radical (unpaired) electrons. The van der Waals surface area contributed by atoms with Gasteiger partial charge >= 0.3 is 0 Å². The molecule has 3 atom stereocenters. The molecule has 2 aliphatic heterocycles. The maximum atomic E-state index is 13.1. The zero-order valence-corrected chi connectivity index (χ0v) is 20.2. The first-order valence-electron chi connectivity index (χ1n) is 10.6. The van der Waals surface area contributed by atoms with Crippen LogP contribution in [0.4, 0.5) is 0 Å². The smallest absolute Gasteiger partial charge is 0.256 e. The van der Waals surface area contributed by atoms with Crippen molar-refractivity contribution in [3.8, 4) is 0 Å². The number of nitrogens with zero attached hydrogens (tertiary/aromatic N) is 2. The van der Waals surface area contributed by atoms with E-state index in [-0.39, 0.29) is 32.5 Å². The SMILES string of the molecule is CS(=O)(=O)c1cc(Cl)c(C(=O)N2CC3CN(CC[C@H](N)c4ccccc4)CC3C2)c(Cl)c1. The average molecular weight is 496 g/mol. The number of fused-ring (bicyclic) bond motifs is 1. The van der Waals surface area contributed by atoms with Crippen molar-refractivity contribution in [3.63, 3.8) is 0 Å². The van der Waals surface area contributed by atoms with E-state index >= 15 is 0 Å². The van der Waals surface area contributed by atoms with E-state index in [0.717, 1.165) is 37.9 Å². The number of hydrogen-bond acceptors (Lipinski definition) is 5. The molecular weight excluding hydrogens is 469 g/mol. The van der Waals surface area contributed by atoms with Gasteiger partial charge in [-0.05, 0) is 42.5 Å². The van der Waals surface area contributed by atoms with E-state index in [1.807, 2.05) is 18.2 Å². The number of rotatable bonds is 6. The van der Waals surface area contributed by atoms with Gasteiger partial charge < -0.3 is 15.5 Å². The standard InChI is InChI=1S/C23H27Cl2N3O3S/c1-32(30,31)18-9-19(24)22(20(25)10-18)23(29)28-13-16-11-27(12-17(16)14-28)8-7-21(26)15-5-3-2-4-6-15/h2-6,9-10,16-17,21H,7-8,11-14,26H2,1H3/t16?,17?,21-/m0/s1. The lowest BCUT2D eigenvalue weighted by Gasteiger charge is -2.23. The first-order chi connectivity index (χ1) is 15.1. The molecule has 0 saturated carbocycles. The molecule has 0 aliphatic carbocycles. The van der Waals surface area contributed by atoms with Gasteiger partial charge in [0.1, 0.15) is 0 Å². The quantitative estimate of drug-likeness (QED) is 0.662. The van der Waals surface area contributed by atoms with Crippen molar-refractivity contribution in [3.05, 3.63) is 63.6 Å². The highest BCUT2D eigenvalue weighted by atomic mass is 35.5. The Hall–Kier alpha value is -1.64. The van der Waals surface area contributed by atoms with E-state index in [4.69, 9.17) is 28.9 Å². The summed E-state index contributed by atoms with van der Waals surface area (Å²) in [5.41, 5.74) is 7.66. The average Bonchev–Trinajstić information content (AvgIpc) is 3.30. The zero-order valence-electron chi connectivity index (χ0n) is 17.9. The van der Waals surface area contributed by atoms with Gasteiger partial charge in [0.2, 0.25) is 0 Å². The summed E-state index contributed by atoms with van der Waals surface area (Å²) in [5, 5.41) is 0.132. The summed E-state index contributed by atoms with van der Waals surface area (Å²) in [6.07, 6.45) is 1.97. The minimum Gasteiger partial charge on any atom is -0.338 e. The number of carbonyl (C=O) groups is 1. The largest absolute Gasteiger partial charge is 0.338 e. The number of nitrogens with two attached hydrogens (primary N) is 1. The summed E-state index contributed by atoms with van der Waals surface area (Å²) in [5.74, 6) is 0.562. The van der Waals surface area contributed by atoms with Crippen molar-refractivity contribution in [1.82, 2.24) is 9.80 Å². The Labute approximate surface area is 199 Å². The van der Waals surface area contributed by atoms with E-state index in [9.17, 15) is 13.2 Å². The summed E-state index contributed by atoms with van der Waals surface area (Å²) in [7, 11) is -3.47. The fourth-order valence-electron chi connectivity index (χ4n) is 4.75. The Morgan fingerprint density at radius 3 is 2.16 bits per heavy atom. The Balaban J connectivity index is 1.35. The third-order valence-electron chi connectivity index (χ3n) is 6.49. The van der Waals surface area contributed by atoms with E-state index < -0.39 is 9.84 Å². The Morgan fingerprint density at radius 2 is 1.62 bits per heavy atom. The van der Waals surface area contributed by atoms with Gasteiger partial charge in [-0.1, -0.05) is 53.5 Å². The van der Waals surface area contributed by atoms with E-state index in [1.165, 1.54) is 12.1 Å². The molecule has 2 fully saturated rings. The highest BCUT2D eigenvalue weighted by Gasteiger charge is 2.42. The third kappa shape index (κ3) is 4.97. The zero-order chi connectivity index (χ0) is 23.0. The topological polar surface area (TPSA) is 83.7 Å². The number of amides is 1. The molecule has 2 aromatic rings. The van der Waals surface area contributed by atoms with Gasteiger partial charge in [0.25, 0.3) is 5.91 Å². The predicted octanol–water partition coefficient (Wildman–Crippen LogP) is 3.49. The van der Waals surface area contributed by atoms with Gasteiger partial charge in [-0.25, -0.2) is 8.42 Å².